The van der Waals surface area contributed by atoms with Crippen molar-refractivity contribution >= 4 is 5.97 Å². The molecule has 0 bridgehead atoms. The summed E-state index contributed by atoms with van der Waals surface area (Å²) in [5.41, 5.74) is 0. The molecular formula is C5H6O4. The van der Waals surface area contributed by atoms with E-state index in [1.165, 1.54) is 7.11 Å². The first-order chi connectivity index (χ1) is 4.16. The van der Waals surface area contributed by atoms with Gasteiger partial charge in [0.2, 0.25) is 0 Å². The van der Waals surface area contributed by atoms with Crippen molar-refractivity contribution in [2.24, 2.45) is 0 Å². The van der Waals surface area contributed by atoms with E-state index in [0.717, 1.165) is 12.2 Å². The van der Waals surface area contributed by atoms with Crippen molar-refractivity contribution in [2.45, 2.75) is 5.97 Å². The van der Waals surface area contributed by atoms with E-state index in [0.29, 0.717) is 0 Å². The van der Waals surface area contributed by atoms with E-state index < -0.39 is 11.9 Å². The van der Waals surface area contributed by atoms with Crippen molar-refractivity contribution in [3.05, 3.63) is 12.2 Å². The molecule has 0 aromatic carbocycles. The number of rotatable bonds is 1. The lowest BCUT2D eigenvalue weighted by Gasteiger charge is -2.15. The van der Waals surface area contributed by atoms with Crippen molar-refractivity contribution in [3.8, 4) is 0 Å². The standard InChI is InChI=1S/C5H6O4/c1-8-5(7)3-2-4(6)9-5/h2-3,7H,1H3. The first-order valence-electron chi connectivity index (χ1n) is 2.36. The second-order valence-corrected chi connectivity index (χ2v) is 1.59. The number of ether oxygens (including phenoxy) is 2. The Morgan fingerprint density at radius 2 is 2.56 bits per heavy atom. The second-order valence-electron chi connectivity index (χ2n) is 1.59. The van der Waals surface area contributed by atoms with Crippen molar-refractivity contribution in [3.63, 3.8) is 0 Å². The van der Waals surface area contributed by atoms with Crippen LogP contribution in [-0.4, -0.2) is 24.2 Å². The Morgan fingerprint density at radius 3 is 2.78 bits per heavy atom. The molecule has 1 atom stereocenters. The monoisotopic (exact) mass is 130 g/mol. The van der Waals surface area contributed by atoms with Crippen molar-refractivity contribution in [1.29, 1.82) is 0 Å². The molecule has 1 rings (SSSR count). The molecule has 0 aromatic heterocycles. The Bertz CT molecular complexity index is 162. The smallest absolute Gasteiger partial charge is 0.349 e. The molecule has 1 aliphatic heterocycles. The number of carbonyl (C=O) groups is 1. The Labute approximate surface area is 51.7 Å². The van der Waals surface area contributed by atoms with Crippen molar-refractivity contribution in [1.82, 2.24) is 0 Å². The average molecular weight is 130 g/mol. The van der Waals surface area contributed by atoms with Gasteiger partial charge in [-0.1, -0.05) is 0 Å². The molecule has 0 spiro atoms. The molecule has 0 saturated heterocycles. The first kappa shape index (κ1) is 6.25. The van der Waals surface area contributed by atoms with Crippen LogP contribution in [0.3, 0.4) is 0 Å². The van der Waals surface area contributed by atoms with E-state index in [-0.39, 0.29) is 0 Å². The molecule has 9 heavy (non-hydrogen) atoms. The highest BCUT2D eigenvalue weighted by Gasteiger charge is 2.32. The zero-order valence-corrected chi connectivity index (χ0v) is 4.83. The van der Waals surface area contributed by atoms with Crippen LogP contribution < -0.4 is 0 Å². The minimum absolute atomic E-state index is 0.598. The van der Waals surface area contributed by atoms with E-state index in [9.17, 15) is 4.79 Å². The lowest BCUT2D eigenvalue weighted by Crippen LogP contribution is -2.29. The van der Waals surface area contributed by atoms with E-state index in [4.69, 9.17) is 5.11 Å². The Morgan fingerprint density at radius 1 is 1.89 bits per heavy atom. The fourth-order valence-corrected chi connectivity index (χ4v) is 0.495. The molecule has 50 valence electrons. The maximum absolute atomic E-state index is 10.3. The lowest BCUT2D eigenvalue weighted by molar-refractivity contribution is -0.291. The topological polar surface area (TPSA) is 55.8 Å². The molecule has 1 aliphatic rings. The molecule has 0 amide bonds. The zero-order chi connectivity index (χ0) is 6.91. The van der Waals surface area contributed by atoms with Gasteiger partial charge < -0.3 is 14.6 Å². The van der Waals surface area contributed by atoms with Crippen LogP contribution in [0.2, 0.25) is 0 Å². The summed E-state index contributed by atoms with van der Waals surface area (Å²) in [6.07, 6.45) is 2.23. The molecule has 4 heteroatoms. The molecular weight excluding hydrogens is 124 g/mol. The predicted octanol–water partition coefficient (Wildman–Crippen LogP) is -0.608. The third-order valence-electron chi connectivity index (χ3n) is 0.969. The minimum atomic E-state index is -1.82. The van der Waals surface area contributed by atoms with E-state index in [1.54, 1.807) is 0 Å². The summed E-state index contributed by atoms with van der Waals surface area (Å²) >= 11 is 0. The van der Waals surface area contributed by atoms with E-state index >= 15 is 0 Å². The number of aliphatic hydroxyl groups is 1. The summed E-state index contributed by atoms with van der Waals surface area (Å²) in [5.74, 6) is -2.42. The quantitative estimate of drug-likeness (QED) is 0.380. The molecule has 4 nitrogen and oxygen atoms in total. The van der Waals surface area contributed by atoms with Gasteiger partial charge in [0, 0.05) is 19.3 Å². The number of hydrogen-bond donors (Lipinski definition) is 1. The number of methoxy groups -OCH3 is 1. The third kappa shape index (κ3) is 1.09. The highest BCUT2D eigenvalue weighted by molar-refractivity contribution is 5.84. The molecule has 0 aliphatic carbocycles. The number of carbonyl (C=O) groups excluding carboxylic acids is 1. The Hall–Kier alpha value is -0.870. The van der Waals surface area contributed by atoms with Crippen LogP contribution in [0.15, 0.2) is 12.2 Å². The van der Waals surface area contributed by atoms with Crippen LogP contribution in [0.1, 0.15) is 0 Å². The SMILES string of the molecule is COC1(O)C=CC(=O)O1. The van der Waals surface area contributed by atoms with Gasteiger partial charge in [0.1, 0.15) is 0 Å². The van der Waals surface area contributed by atoms with Crippen molar-refractivity contribution in [2.75, 3.05) is 7.11 Å². The van der Waals surface area contributed by atoms with Gasteiger partial charge in [-0.3, -0.25) is 0 Å². The van der Waals surface area contributed by atoms with Gasteiger partial charge in [0.05, 0.1) is 0 Å². The van der Waals surface area contributed by atoms with E-state index in [2.05, 4.69) is 9.47 Å². The number of hydrogen-bond acceptors (Lipinski definition) is 4. The Kier molecular flexibility index (Phi) is 1.27. The van der Waals surface area contributed by atoms with Crippen molar-refractivity contribution < 1.29 is 19.4 Å². The van der Waals surface area contributed by atoms with Gasteiger partial charge in [0.15, 0.2) is 0 Å². The van der Waals surface area contributed by atoms with Crippen LogP contribution >= 0.6 is 0 Å². The van der Waals surface area contributed by atoms with Gasteiger partial charge in [-0.2, -0.15) is 0 Å². The maximum Gasteiger partial charge on any atom is 0.349 e. The predicted molar refractivity (Wildman–Crippen MR) is 27.2 cm³/mol. The maximum atomic E-state index is 10.3. The highest BCUT2D eigenvalue weighted by Crippen LogP contribution is 2.15. The molecule has 0 saturated carbocycles. The molecule has 0 aromatic rings. The van der Waals surface area contributed by atoms with Crippen LogP contribution in [0, 0.1) is 0 Å². The van der Waals surface area contributed by atoms with Gasteiger partial charge in [-0.05, 0) is 0 Å². The summed E-state index contributed by atoms with van der Waals surface area (Å²) in [7, 11) is 1.24. The van der Waals surface area contributed by atoms with Gasteiger partial charge in [-0.15, -0.1) is 0 Å². The molecule has 1 unspecified atom stereocenters. The normalized spacial score (nSPS) is 32.9. The number of cyclic esters (lactones) is 1. The van der Waals surface area contributed by atoms with Gasteiger partial charge in [0.25, 0.3) is 0 Å². The lowest BCUT2D eigenvalue weighted by atomic mass is 10.5. The summed E-state index contributed by atoms with van der Waals surface area (Å²) in [6.45, 7) is 0. The van der Waals surface area contributed by atoms with E-state index in [1.807, 2.05) is 0 Å². The summed E-state index contributed by atoms with van der Waals surface area (Å²) in [5, 5.41) is 8.92. The van der Waals surface area contributed by atoms with Crippen LogP contribution in [-0.2, 0) is 14.3 Å². The summed E-state index contributed by atoms with van der Waals surface area (Å²) in [6, 6.07) is 0. The fraction of sp³-hybridized carbons (Fsp3) is 0.400. The molecule has 1 heterocycles. The largest absolute Gasteiger partial charge is 0.401 e. The first-order valence-corrected chi connectivity index (χ1v) is 2.36. The summed E-state index contributed by atoms with van der Waals surface area (Å²) < 4.78 is 8.68. The second kappa shape index (κ2) is 1.82. The van der Waals surface area contributed by atoms with Crippen LogP contribution in [0.25, 0.3) is 0 Å². The molecule has 1 N–H and O–H groups in total. The average Bonchev–Trinajstić information content (AvgIpc) is 2.13. The Balaban J connectivity index is 2.68. The minimum Gasteiger partial charge on any atom is -0.401 e. The fourth-order valence-electron chi connectivity index (χ4n) is 0.495. The molecule has 0 fully saturated rings. The molecule has 0 radical (unpaired) electrons. The zero-order valence-electron chi connectivity index (χ0n) is 4.83. The number of esters is 1. The van der Waals surface area contributed by atoms with Crippen LogP contribution in [0.4, 0.5) is 0 Å². The van der Waals surface area contributed by atoms with Gasteiger partial charge in [-0.25, -0.2) is 4.79 Å². The third-order valence-corrected chi connectivity index (χ3v) is 0.969. The van der Waals surface area contributed by atoms with Crippen LogP contribution in [0.5, 0.6) is 0 Å². The van der Waals surface area contributed by atoms with Gasteiger partial charge >= 0.3 is 11.9 Å². The summed E-state index contributed by atoms with van der Waals surface area (Å²) in [4.78, 5) is 10.3. The highest BCUT2D eigenvalue weighted by atomic mass is 16.8.